The van der Waals surface area contributed by atoms with Crippen LogP contribution < -0.4 is 11.3 Å². The van der Waals surface area contributed by atoms with Gasteiger partial charge in [0.15, 0.2) is 0 Å². The highest BCUT2D eigenvalue weighted by atomic mass is 16.5. The number of methoxy groups -OCH3 is 1. The molecular formula is C12H26N2O2. The topological polar surface area (TPSA) is 56.5 Å². The van der Waals surface area contributed by atoms with Crippen molar-refractivity contribution < 1.29 is 9.47 Å². The molecule has 0 aromatic heterocycles. The highest BCUT2D eigenvalue weighted by molar-refractivity contribution is 4.87. The molecule has 0 aliphatic carbocycles. The molecule has 0 radical (unpaired) electrons. The van der Waals surface area contributed by atoms with Crippen LogP contribution in [0.1, 0.15) is 33.1 Å². The fourth-order valence-corrected chi connectivity index (χ4v) is 2.69. The molecular weight excluding hydrogens is 204 g/mol. The van der Waals surface area contributed by atoms with E-state index in [2.05, 4.69) is 19.3 Å². The average Bonchev–Trinajstić information content (AvgIpc) is 2.75. The Morgan fingerprint density at radius 2 is 2.31 bits per heavy atom. The predicted molar refractivity (Wildman–Crippen MR) is 64.9 cm³/mol. The predicted octanol–water partition coefficient (Wildman–Crippen LogP) is 1.31. The number of ether oxygens (including phenoxy) is 2. The summed E-state index contributed by atoms with van der Waals surface area (Å²) in [6.07, 6.45) is 3.59. The molecule has 4 heteroatoms. The molecule has 1 saturated heterocycles. The van der Waals surface area contributed by atoms with E-state index in [1.54, 1.807) is 7.11 Å². The third-order valence-electron chi connectivity index (χ3n) is 3.71. The second-order valence-corrected chi connectivity index (χ2v) is 4.72. The minimum Gasteiger partial charge on any atom is -0.385 e. The Balaban J connectivity index is 2.51. The van der Waals surface area contributed by atoms with Gasteiger partial charge in [0, 0.05) is 32.3 Å². The largest absolute Gasteiger partial charge is 0.385 e. The van der Waals surface area contributed by atoms with Crippen LogP contribution >= 0.6 is 0 Å². The molecule has 16 heavy (non-hydrogen) atoms. The van der Waals surface area contributed by atoms with Crippen molar-refractivity contribution in [3.05, 3.63) is 0 Å². The van der Waals surface area contributed by atoms with E-state index < -0.39 is 0 Å². The monoisotopic (exact) mass is 230 g/mol. The molecule has 0 saturated carbocycles. The van der Waals surface area contributed by atoms with Gasteiger partial charge in [-0.2, -0.15) is 0 Å². The maximum absolute atomic E-state index is 5.73. The first kappa shape index (κ1) is 13.9. The van der Waals surface area contributed by atoms with Gasteiger partial charge in [0.25, 0.3) is 0 Å². The summed E-state index contributed by atoms with van der Waals surface area (Å²) in [6, 6.07) is 0.336. The minimum absolute atomic E-state index is 0.336. The van der Waals surface area contributed by atoms with Crippen LogP contribution in [0, 0.1) is 11.8 Å². The molecule has 1 aliphatic rings. The zero-order chi connectivity index (χ0) is 12.0. The van der Waals surface area contributed by atoms with E-state index >= 15 is 0 Å². The quantitative estimate of drug-likeness (QED) is 0.511. The first-order chi connectivity index (χ1) is 7.74. The molecule has 1 rings (SSSR count). The van der Waals surface area contributed by atoms with Crippen LogP contribution in [0.15, 0.2) is 0 Å². The molecule has 0 aromatic rings. The van der Waals surface area contributed by atoms with E-state index in [1.807, 2.05) is 0 Å². The zero-order valence-electron chi connectivity index (χ0n) is 10.7. The van der Waals surface area contributed by atoms with E-state index in [1.165, 1.54) is 0 Å². The Morgan fingerprint density at radius 3 is 2.88 bits per heavy atom. The van der Waals surface area contributed by atoms with Gasteiger partial charge >= 0.3 is 0 Å². The van der Waals surface area contributed by atoms with E-state index in [9.17, 15) is 0 Å². The van der Waals surface area contributed by atoms with Crippen molar-refractivity contribution in [3.63, 3.8) is 0 Å². The Hall–Kier alpha value is -0.160. The number of hydrogen-bond donors (Lipinski definition) is 2. The van der Waals surface area contributed by atoms with Crippen molar-refractivity contribution in [1.82, 2.24) is 5.43 Å². The van der Waals surface area contributed by atoms with Gasteiger partial charge < -0.3 is 9.47 Å². The summed E-state index contributed by atoms with van der Waals surface area (Å²) in [6.45, 7) is 6.08. The molecule has 1 aliphatic heterocycles. The lowest BCUT2D eigenvalue weighted by molar-refractivity contribution is 0.0664. The third-order valence-corrected chi connectivity index (χ3v) is 3.71. The van der Waals surface area contributed by atoms with E-state index in [-0.39, 0.29) is 0 Å². The molecule has 0 bridgehead atoms. The molecule has 0 amide bonds. The smallest absolute Gasteiger partial charge is 0.0617 e. The van der Waals surface area contributed by atoms with Crippen LogP contribution in [0.25, 0.3) is 0 Å². The van der Waals surface area contributed by atoms with Crippen LogP contribution in [0.5, 0.6) is 0 Å². The van der Waals surface area contributed by atoms with Crippen LogP contribution in [0.2, 0.25) is 0 Å². The SMILES string of the molecule is CCC1OCCC1C(NN)C(C)CCOC. The summed E-state index contributed by atoms with van der Waals surface area (Å²) in [4.78, 5) is 0. The second kappa shape index (κ2) is 7.22. The second-order valence-electron chi connectivity index (χ2n) is 4.72. The van der Waals surface area contributed by atoms with Crippen LogP contribution in [0.3, 0.4) is 0 Å². The zero-order valence-corrected chi connectivity index (χ0v) is 10.7. The van der Waals surface area contributed by atoms with E-state index in [0.717, 1.165) is 32.5 Å². The van der Waals surface area contributed by atoms with Crippen molar-refractivity contribution in [2.75, 3.05) is 20.3 Å². The number of hydrazine groups is 1. The maximum Gasteiger partial charge on any atom is 0.0617 e. The average molecular weight is 230 g/mol. The Kier molecular flexibility index (Phi) is 6.28. The standard InChI is InChI=1S/C12H26N2O2/c1-4-11-10(6-8-16-11)12(14-13)9(2)5-7-15-3/h9-12,14H,4-8,13H2,1-3H3. The molecule has 1 heterocycles. The fraction of sp³-hybridized carbons (Fsp3) is 1.00. The lowest BCUT2D eigenvalue weighted by Crippen LogP contribution is -2.48. The molecule has 1 fully saturated rings. The fourth-order valence-electron chi connectivity index (χ4n) is 2.69. The third kappa shape index (κ3) is 3.42. The van der Waals surface area contributed by atoms with Gasteiger partial charge in [-0.25, -0.2) is 0 Å². The molecule has 4 atom stereocenters. The summed E-state index contributed by atoms with van der Waals surface area (Å²) >= 11 is 0. The first-order valence-electron chi connectivity index (χ1n) is 6.31. The molecule has 4 unspecified atom stereocenters. The van der Waals surface area contributed by atoms with Gasteiger partial charge in [-0.15, -0.1) is 0 Å². The number of hydrogen-bond acceptors (Lipinski definition) is 4. The number of rotatable bonds is 7. The molecule has 0 aromatic carbocycles. The highest BCUT2D eigenvalue weighted by Gasteiger charge is 2.35. The van der Waals surface area contributed by atoms with Gasteiger partial charge in [0.2, 0.25) is 0 Å². The Labute approximate surface area is 98.8 Å². The molecule has 4 nitrogen and oxygen atoms in total. The Bertz CT molecular complexity index is 190. The summed E-state index contributed by atoms with van der Waals surface area (Å²) in [5.41, 5.74) is 2.98. The highest BCUT2D eigenvalue weighted by Crippen LogP contribution is 2.30. The van der Waals surface area contributed by atoms with Crippen LogP contribution in [-0.2, 0) is 9.47 Å². The van der Waals surface area contributed by atoms with Crippen LogP contribution in [0.4, 0.5) is 0 Å². The van der Waals surface area contributed by atoms with Crippen molar-refractivity contribution in [3.8, 4) is 0 Å². The van der Waals surface area contributed by atoms with E-state index in [4.69, 9.17) is 15.3 Å². The lowest BCUT2D eigenvalue weighted by Gasteiger charge is -2.31. The summed E-state index contributed by atoms with van der Waals surface area (Å²) < 4.78 is 10.8. The molecule has 96 valence electrons. The number of nitrogens with one attached hydrogen (secondary N) is 1. The van der Waals surface area contributed by atoms with Gasteiger partial charge in [0.1, 0.15) is 0 Å². The minimum atomic E-state index is 0.336. The van der Waals surface area contributed by atoms with Gasteiger partial charge in [-0.1, -0.05) is 13.8 Å². The van der Waals surface area contributed by atoms with Crippen molar-refractivity contribution in [2.24, 2.45) is 17.7 Å². The van der Waals surface area contributed by atoms with Crippen LogP contribution in [-0.4, -0.2) is 32.5 Å². The van der Waals surface area contributed by atoms with Gasteiger partial charge in [-0.3, -0.25) is 11.3 Å². The number of nitrogens with two attached hydrogens (primary N) is 1. The first-order valence-corrected chi connectivity index (χ1v) is 6.31. The normalized spacial score (nSPS) is 29.2. The summed E-state index contributed by atoms with van der Waals surface area (Å²) in [5, 5.41) is 0. The maximum atomic E-state index is 5.73. The van der Waals surface area contributed by atoms with Gasteiger partial charge in [0.05, 0.1) is 6.10 Å². The lowest BCUT2D eigenvalue weighted by atomic mass is 9.83. The molecule has 0 spiro atoms. The van der Waals surface area contributed by atoms with Crippen molar-refractivity contribution >= 4 is 0 Å². The van der Waals surface area contributed by atoms with Crippen molar-refractivity contribution in [2.45, 2.75) is 45.3 Å². The van der Waals surface area contributed by atoms with Gasteiger partial charge in [-0.05, 0) is 25.2 Å². The molecule has 3 N–H and O–H groups in total. The summed E-state index contributed by atoms with van der Waals surface area (Å²) in [5.74, 6) is 6.76. The van der Waals surface area contributed by atoms with E-state index in [0.29, 0.717) is 24.0 Å². The van der Waals surface area contributed by atoms with Crippen molar-refractivity contribution in [1.29, 1.82) is 0 Å². The Morgan fingerprint density at radius 1 is 1.56 bits per heavy atom. The summed E-state index contributed by atoms with van der Waals surface area (Å²) in [7, 11) is 1.74.